The van der Waals surface area contributed by atoms with E-state index in [2.05, 4.69) is 31.0 Å². The lowest BCUT2D eigenvalue weighted by molar-refractivity contribution is 0.228. The van der Waals surface area contributed by atoms with Gasteiger partial charge in [-0.2, -0.15) is 0 Å². The van der Waals surface area contributed by atoms with Gasteiger partial charge in [-0.25, -0.2) is 0 Å². The molecule has 1 aromatic carbocycles. The van der Waals surface area contributed by atoms with Crippen LogP contribution in [0.3, 0.4) is 0 Å². The fraction of sp³-hybridized carbons (Fsp3) is 0.467. The van der Waals surface area contributed by atoms with E-state index in [-0.39, 0.29) is 12.6 Å². The highest BCUT2D eigenvalue weighted by Gasteiger charge is 2.07. The Bertz CT molecular complexity index is 362. The number of hydrogen-bond acceptors (Lipinski definition) is 2. The first-order chi connectivity index (χ1) is 8.22. The van der Waals surface area contributed by atoms with Gasteiger partial charge in [-0.15, -0.1) is 0 Å². The molecular weight excluding hydrogens is 210 g/mol. The molecule has 17 heavy (non-hydrogen) atoms. The number of hydrogen-bond donors (Lipinski definition) is 2. The van der Waals surface area contributed by atoms with Gasteiger partial charge in [-0.1, -0.05) is 43.9 Å². The zero-order valence-corrected chi connectivity index (χ0v) is 10.6. The van der Waals surface area contributed by atoms with E-state index in [0.29, 0.717) is 12.5 Å². The topological polar surface area (TPSA) is 32.3 Å². The highest BCUT2D eigenvalue weighted by molar-refractivity contribution is 5.33. The largest absolute Gasteiger partial charge is 0.395 e. The molecule has 0 spiro atoms. The summed E-state index contributed by atoms with van der Waals surface area (Å²) in [6, 6.07) is 10.1. The van der Waals surface area contributed by atoms with E-state index < -0.39 is 0 Å². The fourth-order valence-corrected chi connectivity index (χ4v) is 1.65. The number of benzene rings is 1. The summed E-state index contributed by atoms with van der Waals surface area (Å²) in [5, 5.41) is 12.4. The Morgan fingerprint density at radius 2 is 1.94 bits per heavy atom. The highest BCUT2D eigenvalue weighted by Crippen LogP contribution is 2.03. The second-order valence-electron chi connectivity index (χ2n) is 4.56. The average molecular weight is 231 g/mol. The Morgan fingerprint density at radius 3 is 2.53 bits per heavy atom. The summed E-state index contributed by atoms with van der Waals surface area (Å²) in [7, 11) is 0. The molecule has 0 aliphatic rings. The van der Waals surface area contributed by atoms with Gasteiger partial charge in [0.25, 0.3) is 0 Å². The minimum absolute atomic E-state index is 0.153. The van der Waals surface area contributed by atoms with Crippen LogP contribution in [-0.2, 0) is 0 Å². The Balaban J connectivity index is 2.34. The van der Waals surface area contributed by atoms with Gasteiger partial charge < -0.3 is 10.4 Å². The molecular formula is C15H21NO. The van der Waals surface area contributed by atoms with Crippen LogP contribution in [0.25, 0.3) is 0 Å². The zero-order valence-electron chi connectivity index (χ0n) is 10.6. The second kappa shape index (κ2) is 7.89. The number of rotatable bonds is 5. The summed E-state index contributed by atoms with van der Waals surface area (Å²) in [5.41, 5.74) is 1.03. The van der Waals surface area contributed by atoms with Crippen molar-refractivity contribution in [1.82, 2.24) is 5.32 Å². The molecule has 0 heterocycles. The second-order valence-corrected chi connectivity index (χ2v) is 4.56. The maximum absolute atomic E-state index is 9.18. The minimum atomic E-state index is 0.153. The first-order valence-electron chi connectivity index (χ1n) is 6.10. The van der Waals surface area contributed by atoms with Crippen LogP contribution in [-0.4, -0.2) is 24.3 Å². The molecule has 2 heteroatoms. The van der Waals surface area contributed by atoms with Crippen LogP contribution in [0.1, 0.15) is 25.8 Å². The summed E-state index contributed by atoms with van der Waals surface area (Å²) in [6.07, 6.45) is 0.976. The van der Waals surface area contributed by atoms with Crippen LogP contribution in [0, 0.1) is 17.8 Å². The van der Waals surface area contributed by atoms with E-state index in [1.54, 1.807) is 0 Å². The molecule has 1 rings (SSSR count). The molecule has 1 aromatic rings. The standard InChI is InChI=1S/C15H21NO/c1-13(2)11-15(12-17)16-10-6-9-14-7-4-3-5-8-14/h3-5,7-8,13,15-17H,10-12H2,1-2H3. The lowest BCUT2D eigenvalue weighted by Gasteiger charge is -2.16. The van der Waals surface area contributed by atoms with Gasteiger partial charge in [0, 0.05) is 11.6 Å². The van der Waals surface area contributed by atoms with Gasteiger partial charge >= 0.3 is 0 Å². The first kappa shape index (κ1) is 13.8. The summed E-state index contributed by atoms with van der Waals surface area (Å²) in [4.78, 5) is 0. The van der Waals surface area contributed by atoms with E-state index in [9.17, 15) is 5.11 Å². The van der Waals surface area contributed by atoms with Crippen molar-refractivity contribution in [2.75, 3.05) is 13.2 Å². The first-order valence-corrected chi connectivity index (χ1v) is 6.10. The maximum Gasteiger partial charge on any atom is 0.0585 e. The fourth-order valence-electron chi connectivity index (χ4n) is 1.65. The predicted molar refractivity (Wildman–Crippen MR) is 71.7 cm³/mol. The van der Waals surface area contributed by atoms with Crippen molar-refractivity contribution in [1.29, 1.82) is 0 Å². The van der Waals surface area contributed by atoms with E-state index in [4.69, 9.17) is 0 Å². The van der Waals surface area contributed by atoms with Gasteiger partial charge in [0.15, 0.2) is 0 Å². The molecule has 0 radical (unpaired) electrons. The molecule has 1 atom stereocenters. The molecule has 0 aromatic heterocycles. The summed E-state index contributed by atoms with van der Waals surface area (Å²) < 4.78 is 0. The van der Waals surface area contributed by atoms with Crippen LogP contribution < -0.4 is 5.32 Å². The SMILES string of the molecule is CC(C)CC(CO)NCC#Cc1ccccc1. The van der Waals surface area contributed by atoms with Crippen LogP contribution in [0.2, 0.25) is 0 Å². The van der Waals surface area contributed by atoms with Crippen LogP contribution in [0.5, 0.6) is 0 Å². The summed E-state index contributed by atoms with van der Waals surface area (Å²) in [6.45, 7) is 5.10. The van der Waals surface area contributed by atoms with Gasteiger partial charge in [0.05, 0.1) is 13.2 Å². The Morgan fingerprint density at radius 1 is 1.24 bits per heavy atom. The molecule has 0 aliphatic heterocycles. The third-order valence-corrected chi connectivity index (χ3v) is 2.46. The Kier molecular flexibility index (Phi) is 6.39. The third kappa shape index (κ3) is 6.11. The van der Waals surface area contributed by atoms with Crippen LogP contribution in [0.4, 0.5) is 0 Å². The lowest BCUT2D eigenvalue weighted by atomic mass is 10.0. The highest BCUT2D eigenvalue weighted by atomic mass is 16.3. The van der Waals surface area contributed by atoms with Crippen molar-refractivity contribution in [3.05, 3.63) is 35.9 Å². The van der Waals surface area contributed by atoms with Gasteiger partial charge in [-0.3, -0.25) is 0 Å². The molecule has 0 saturated carbocycles. The quantitative estimate of drug-likeness (QED) is 0.760. The van der Waals surface area contributed by atoms with E-state index >= 15 is 0 Å². The summed E-state index contributed by atoms with van der Waals surface area (Å²) in [5.74, 6) is 6.74. The smallest absolute Gasteiger partial charge is 0.0585 e. The Hall–Kier alpha value is -1.30. The normalized spacial score (nSPS) is 12.0. The van der Waals surface area contributed by atoms with Crippen molar-refractivity contribution in [2.24, 2.45) is 5.92 Å². The van der Waals surface area contributed by atoms with Crippen LogP contribution in [0.15, 0.2) is 30.3 Å². The zero-order chi connectivity index (χ0) is 12.5. The summed E-state index contributed by atoms with van der Waals surface area (Å²) >= 11 is 0. The van der Waals surface area contributed by atoms with Gasteiger partial charge in [0.1, 0.15) is 0 Å². The molecule has 2 nitrogen and oxygen atoms in total. The van der Waals surface area contributed by atoms with Gasteiger partial charge in [0.2, 0.25) is 0 Å². The van der Waals surface area contributed by atoms with E-state index in [1.807, 2.05) is 30.3 Å². The number of aliphatic hydroxyl groups excluding tert-OH is 1. The van der Waals surface area contributed by atoms with Crippen molar-refractivity contribution in [3.8, 4) is 11.8 Å². The Labute approximate surface area is 104 Å². The molecule has 92 valence electrons. The molecule has 0 fully saturated rings. The third-order valence-electron chi connectivity index (χ3n) is 2.46. The molecule has 2 N–H and O–H groups in total. The van der Waals surface area contributed by atoms with Crippen molar-refractivity contribution in [2.45, 2.75) is 26.3 Å². The number of aliphatic hydroxyl groups is 1. The van der Waals surface area contributed by atoms with Crippen molar-refractivity contribution < 1.29 is 5.11 Å². The molecule has 1 unspecified atom stereocenters. The lowest BCUT2D eigenvalue weighted by Crippen LogP contribution is -2.33. The van der Waals surface area contributed by atoms with Crippen LogP contribution >= 0.6 is 0 Å². The molecule has 0 bridgehead atoms. The van der Waals surface area contributed by atoms with Crippen molar-refractivity contribution >= 4 is 0 Å². The van der Waals surface area contributed by atoms with Crippen molar-refractivity contribution in [3.63, 3.8) is 0 Å². The van der Waals surface area contributed by atoms with Gasteiger partial charge in [-0.05, 0) is 24.5 Å². The molecule has 0 saturated heterocycles. The number of nitrogens with one attached hydrogen (secondary N) is 1. The average Bonchev–Trinajstić information content (AvgIpc) is 2.34. The predicted octanol–water partition coefficient (Wildman–Crippen LogP) is 2.03. The maximum atomic E-state index is 9.18. The van der Waals surface area contributed by atoms with E-state index in [1.165, 1.54) is 0 Å². The van der Waals surface area contributed by atoms with E-state index in [0.717, 1.165) is 12.0 Å². The minimum Gasteiger partial charge on any atom is -0.395 e. The molecule has 0 amide bonds. The monoisotopic (exact) mass is 231 g/mol. The molecule has 0 aliphatic carbocycles.